The van der Waals surface area contributed by atoms with Gasteiger partial charge in [0, 0.05) is 33.2 Å². The fourth-order valence-corrected chi connectivity index (χ4v) is 4.32. The lowest BCUT2D eigenvalue weighted by Crippen LogP contribution is -2.52. The van der Waals surface area contributed by atoms with Crippen molar-refractivity contribution in [2.75, 3.05) is 46.0 Å². The summed E-state index contributed by atoms with van der Waals surface area (Å²) in [5.41, 5.74) is -0.947. The molecule has 28 heavy (non-hydrogen) atoms. The van der Waals surface area contributed by atoms with Crippen LogP contribution < -0.4 is 0 Å². The first-order valence-electron chi connectivity index (χ1n) is 8.09. The first kappa shape index (κ1) is 22.6. The Morgan fingerprint density at radius 1 is 1.04 bits per heavy atom. The van der Waals surface area contributed by atoms with Gasteiger partial charge in [0.05, 0.1) is 23.3 Å². The Bertz CT molecular complexity index is 923. The van der Waals surface area contributed by atoms with E-state index in [-0.39, 0.29) is 37.6 Å². The van der Waals surface area contributed by atoms with E-state index in [9.17, 15) is 34.8 Å². The van der Waals surface area contributed by atoms with Crippen molar-refractivity contribution in [1.29, 1.82) is 0 Å². The standard InChI is InChI=1S/C15H20F3N3O5S2/c1-19(27(2,23)24)11-14(22)20-7-9-21(10-8-20)28(25,26)13-5-3-12(4-6-13)15(16,17)18/h3-6H,7-11H2,1-2H3. The molecule has 0 saturated carbocycles. The highest BCUT2D eigenvalue weighted by Crippen LogP contribution is 2.30. The molecule has 1 aliphatic heterocycles. The number of carbonyl (C=O) groups is 1. The molecule has 1 amide bonds. The fraction of sp³-hybridized carbons (Fsp3) is 0.533. The van der Waals surface area contributed by atoms with Gasteiger partial charge < -0.3 is 4.90 Å². The van der Waals surface area contributed by atoms with Crippen LogP contribution in [0.25, 0.3) is 0 Å². The van der Waals surface area contributed by atoms with Gasteiger partial charge in [0.25, 0.3) is 0 Å². The number of nitrogens with zero attached hydrogens (tertiary/aromatic N) is 3. The molecule has 1 heterocycles. The van der Waals surface area contributed by atoms with Gasteiger partial charge in [-0.3, -0.25) is 4.79 Å². The summed E-state index contributed by atoms with van der Waals surface area (Å²) in [6.45, 7) is -0.341. The molecule has 158 valence electrons. The van der Waals surface area contributed by atoms with E-state index in [1.165, 1.54) is 11.9 Å². The molecule has 0 aromatic heterocycles. The van der Waals surface area contributed by atoms with Crippen molar-refractivity contribution in [2.24, 2.45) is 0 Å². The van der Waals surface area contributed by atoms with Crippen LogP contribution in [0.15, 0.2) is 29.2 Å². The Labute approximate surface area is 161 Å². The Morgan fingerprint density at radius 3 is 1.96 bits per heavy atom. The van der Waals surface area contributed by atoms with E-state index in [1.54, 1.807) is 0 Å². The lowest BCUT2D eigenvalue weighted by molar-refractivity contribution is -0.137. The van der Waals surface area contributed by atoms with Crippen molar-refractivity contribution in [2.45, 2.75) is 11.1 Å². The number of halogens is 3. The minimum absolute atomic E-state index is 0.0440. The van der Waals surface area contributed by atoms with Crippen molar-refractivity contribution < 1.29 is 34.8 Å². The molecule has 1 saturated heterocycles. The number of benzene rings is 1. The molecule has 13 heteroatoms. The number of alkyl halides is 3. The zero-order valence-electron chi connectivity index (χ0n) is 15.2. The number of sulfonamides is 2. The first-order valence-corrected chi connectivity index (χ1v) is 11.4. The highest BCUT2D eigenvalue weighted by Gasteiger charge is 2.33. The average molecular weight is 443 g/mol. The minimum atomic E-state index is -4.56. The first-order chi connectivity index (χ1) is 12.7. The highest BCUT2D eigenvalue weighted by molar-refractivity contribution is 7.89. The molecule has 1 aromatic carbocycles. The second-order valence-electron chi connectivity index (χ2n) is 6.33. The minimum Gasteiger partial charge on any atom is -0.339 e. The maximum absolute atomic E-state index is 12.6. The molecular weight excluding hydrogens is 423 g/mol. The molecule has 1 aliphatic rings. The summed E-state index contributed by atoms with van der Waals surface area (Å²) in [4.78, 5) is 13.2. The molecule has 0 spiro atoms. The molecule has 8 nitrogen and oxygen atoms in total. The summed E-state index contributed by atoms with van der Waals surface area (Å²) in [5, 5.41) is 0. The number of carbonyl (C=O) groups excluding carboxylic acids is 1. The van der Waals surface area contributed by atoms with E-state index < -0.39 is 37.7 Å². The lowest BCUT2D eigenvalue weighted by Gasteiger charge is -2.34. The fourth-order valence-electron chi connectivity index (χ4n) is 2.55. The zero-order valence-corrected chi connectivity index (χ0v) is 16.8. The van der Waals surface area contributed by atoms with Crippen LogP contribution in [0.3, 0.4) is 0 Å². The molecule has 1 fully saturated rings. The van der Waals surface area contributed by atoms with Gasteiger partial charge in [0.2, 0.25) is 26.0 Å². The maximum atomic E-state index is 12.6. The summed E-state index contributed by atoms with van der Waals surface area (Å²) < 4.78 is 87.7. The molecule has 1 aromatic rings. The summed E-state index contributed by atoms with van der Waals surface area (Å²) in [6.07, 6.45) is -3.59. The van der Waals surface area contributed by atoms with Crippen molar-refractivity contribution >= 4 is 26.0 Å². The Kier molecular flexibility index (Phi) is 6.43. The molecule has 0 atom stereocenters. The Morgan fingerprint density at radius 2 is 1.54 bits per heavy atom. The quantitative estimate of drug-likeness (QED) is 0.658. The predicted octanol–water partition coefficient (Wildman–Crippen LogP) is 0.430. The van der Waals surface area contributed by atoms with Crippen LogP contribution in [0.1, 0.15) is 5.56 Å². The van der Waals surface area contributed by atoms with Crippen LogP contribution in [0.4, 0.5) is 13.2 Å². The normalized spacial score (nSPS) is 17.1. The molecule has 0 bridgehead atoms. The number of likely N-dealkylation sites (N-methyl/N-ethyl adjacent to an activating group) is 1. The number of amides is 1. The molecule has 0 unspecified atom stereocenters. The maximum Gasteiger partial charge on any atom is 0.416 e. The van der Waals surface area contributed by atoms with Crippen LogP contribution in [-0.2, 0) is 31.0 Å². The second-order valence-corrected chi connectivity index (χ2v) is 10.4. The van der Waals surface area contributed by atoms with Crippen molar-refractivity contribution in [3.63, 3.8) is 0 Å². The number of hydrogen-bond acceptors (Lipinski definition) is 5. The van der Waals surface area contributed by atoms with Gasteiger partial charge in [0.15, 0.2) is 0 Å². The molecule has 0 aliphatic carbocycles. The van der Waals surface area contributed by atoms with Crippen LogP contribution in [0, 0.1) is 0 Å². The van der Waals surface area contributed by atoms with Gasteiger partial charge in [-0.25, -0.2) is 16.8 Å². The Balaban J connectivity index is 2.03. The number of rotatable bonds is 5. The zero-order chi connectivity index (χ0) is 21.3. The third kappa shape index (κ3) is 5.21. The van der Waals surface area contributed by atoms with Crippen molar-refractivity contribution in [3.8, 4) is 0 Å². The van der Waals surface area contributed by atoms with Crippen molar-refractivity contribution in [3.05, 3.63) is 29.8 Å². The van der Waals surface area contributed by atoms with Gasteiger partial charge in [-0.15, -0.1) is 0 Å². The Hall–Kier alpha value is -1.70. The smallest absolute Gasteiger partial charge is 0.339 e. The van der Waals surface area contributed by atoms with Crippen LogP contribution in [0.2, 0.25) is 0 Å². The van der Waals surface area contributed by atoms with E-state index in [0.29, 0.717) is 12.1 Å². The third-order valence-corrected chi connectivity index (χ3v) is 7.51. The summed E-state index contributed by atoms with van der Waals surface area (Å²) in [5.74, 6) is -0.459. The van der Waals surface area contributed by atoms with E-state index in [4.69, 9.17) is 0 Å². The van der Waals surface area contributed by atoms with Gasteiger partial charge >= 0.3 is 6.18 Å². The largest absolute Gasteiger partial charge is 0.416 e. The van der Waals surface area contributed by atoms with Crippen molar-refractivity contribution in [1.82, 2.24) is 13.5 Å². The molecule has 0 radical (unpaired) electrons. The summed E-state index contributed by atoms with van der Waals surface area (Å²) in [7, 11) is -6.26. The number of piperazine rings is 1. The van der Waals surface area contributed by atoms with Gasteiger partial charge in [-0.05, 0) is 24.3 Å². The summed E-state index contributed by atoms with van der Waals surface area (Å²) >= 11 is 0. The average Bonchev–Trinajstić information content (AvgIpc) is 2.60. The monoisotopic (exact) mass is 443 g/mol. The second kappa shape index (κ2) is 7.97. The molecule has 2 rings (SSSR count). The predicted molar refractivity (Wildman–Crippen MR) is 94.3 cm³/mol. The SMILES string of the molecule is CN(CC(=O)N1CCN(S(=O)(=O)c2ccc(C(F)(F)F)cc2)CC1)S(C)(=O)=O. The molecule has 0 N–H and O–H groups in total. The van der Waals surface area contributed by atoms with Crippen LogP contribution in [-0.4, -0.2) is 82.3 Å². The number of hydrogen-bond donors (Lipinski definition) is 0. The highest BCUT2D eigenvalue weighted by atomic mass is 32.2. The van der Waals surface area contributed by atoms with E-state index in [0.717, 1.165) is 27.0 Å². The van der Waals surface area contributed by atoms with E-state index in [2.05, 4.69) is 0 Å². The van der Waals surface area contributed by atoms with E-state index in [1.807, 2.05) is 0 Å². The topological polar surface area (TPSA) is 95.1 Å². The van der Waals surface area contributed by atoms with Gasteiger partial charge in [-0.1, -0.05) is 0 Å². The summed E-state index contributed by atoms with van der Waals surface area (Å²) in [6, 6.07) is 3.20. The van der Waals surface area contributed by atoms with E-state index >= 15 is 0 Å². The van der Waals surface area contributed by atoms with Crippen LogP contribution in [0.5, 0.6) is 0 Å². The van der Waals surface area contributed by atoms with Gasteiger partial charge in [0.1, 0.15) is 0 Å². The molecular formula is C15H20F3N3O5S2. The van der Waals surface area contributed by atoms with Gasteiger partial charge in [-0.2, -0.15) is 21.8 Å². The lowest BCUT2D eigenvalue weighted by atomic mass is 10.2. The van der Waals surface area contributed by atoms with Crippen LogP contribution >= 0.6 is 0 Å². The third-order valence-electron chi connectivity index (χ3n) is 4.33.